The summed E-state index contributed by atoms with van der Waals surface area (Å²) < 4.78 is 36.7. The minimum Gasteiger partial charge on any atom is -0.167 e. The van der Waals surface area contributed by atoms with Crippen LogP contribution in [0.5, 0.6) is 0 Å². The van der Waals surface area contributed by atoms with Gasteiger partial charge in [0.15, 0.2) is 0 Å². The molecule has 0 saturated heterocycles. The standard InChI is InChI=1S/C18H18BF3S/c1-23-17-11-7-10-16(14-17)19(15-8-3-2-4-9-15)13-6-5-12-18(20,21)22/h2-5,7-12,14H,6,13H2,1H3. The van der Waals surface area contributed by atoms with E-state index < -0.39 is 6.18 Å². The molecule has 0 aliphatic rings. The molecule has 0 atom stereocenters. The maximum Gasteiger partial charge on any atom is 0.409 e. The van der Waals surface area contributed by atoms with Gasteiger partial charge in [0.1, 0.15) is 0 Å². The second kappa shape index (κ2) is 8.30. The van der Waals surface area contributed by atoms with Crippen LogP contribution in [0.4, 0.5) is 13.2 Å². The van der Waals surface area contributed by atoms with Gasteiger partial charge in [0.2, 0.25) is 6.71 Å². The zero-order chi connectivity index (χ0) is 16.7. The molecule has 0 aromatic heterocycles. The van der Waals surface area contributed by atoms with E-state index in [0.29, 0.717) is 18.8 Å². The van der Waals surface area contributed by atoms with Crippen LogP contribution in [0.3, 0.4) is 0 Å². The van der Waals surface area contributed by atoms with Crippen LogP contribution in [-0.4, -0.2) is 19.1 Å². The highest BCUT2D eigenvalue weighted by Crippen LogP contribution is 2.17. The Morgan fingerprint density at radius 1 is 1.00 bits per heavy atom. The summed E-state index contributed by atoms with van der Waals surface area (Å²) in [6.45, 7) is 0.0983. The van der Waals surface area contributed by atoms with Crippen molar-refractivity contribution in [1.29, 1.82) is 0 Å². The molecule has 0 nitrogen and oxygen atoms in total. The van der Waals surface area contributed by atoms with E-state index in [1.165, 1.54) is 6.08 Å². The Labute approximate surface area is 139 Å². The molecule has 2 aromatic carbocycles. The van der Waals surface area contributed by atoms with E-state index in [1.807, 2.05) is 54.8 Å². The molecule has 0 amide bonds. The first kappa shape index (κ1) is 17.7. The highest BCUT2D eigenvalue weighted by Gasteiger charge is 2.22. The number of alkyl halides is 3. The Balaban J connectivity index is 2.20. The van der Waals surface area contributed by atoms with Crippen molar-refractivity contribution in [3.8, 4) is 0 Å². The van der Waals surface area contributed by atoms with Crippen LogP contribution in [0, 0.1) is 0 Å². The van der Waals surface area contributed by atoms with Crippen LogP contribution in [0.15, 0.2) is 71.6 Å². The van der Waals surface area contributed by atoms with Crippen molar-refractivity contribution in [3.63, 3.8) is 0 Å². The summed E-state index contributed by atoms with van der Waals surface area (Å²) in [5.41, 5.74) is 2.27. The second-order valence-electron chi connectivity index (χ2n) is 5.26. The first-order chi connectivity index (χ1) is 11.0. The summed E-state index contributed by atoms with van der Waals surface area (Å²) >= 11 is 1.66. The topological polar surface area (TPSA) is 0 Å². The van der Waals surface area contributed by atoms with Crippen LogP contribution < -0.4 is 10.9 Å². The zero-order valence-electron chi connectivity index (χ0n) is 12.9. The highest BCUT2D eigenvalue weighted by molar-refractivity contribution is 7.98. The number of thioether (sulfide) groups is 1. The average Bonchev–Trinajstić information content (AvgIpc) is 2.55. The molecule has 0 unspecified atom stereocenters. The van der Waals surface area contributed by atoms with Crippen LogP contribution >= 0.6 is 11.8 Å². The summed E-state index contributed by atoms with van der Waals surface area (Å²) in [6.07, 6.45) is 0.364. The van der Waals surface area contributed by atoms with Crippen molar-refractivity contribution in [3.05, 3.63) is 66.7 Å². The SMILES string of the molecule is CSc1cccc(B(CCC=CC(F)(F)F)c2ccccc2)c1. The molecule has 0 aliphatic heterocycles. The number of rotatable bonds is 6. The van der Waals surface area contributed by atoms with Gasteiger partial charge in [0.25, 0.3) is 0 Å². The maximum absolute atomic E-state index is 12.2. The quantitative estimate of drug-likeness (QED) is 0.425. The molecule has 0 radical (unpaired) electrons. The molecule has 0 spiro atoms. The van der Waals surface area contributed by atoms with E-state index in [4.69, 9.17) is 0 Å². The van der Waals surface area contributed by atoms with Crippen LogP contribution in [0.2, 0.25) is 6.32 Å². The Hall–Kier alpha value is -1.62. The van der Waals surface area contributed by atoms with Gasteiger partial charge in [-0.1, -0.05) is 71.9 Å². The van der Waals surface area contributed by atoms with E-state index in [-0.39, 0.29) is 6.71 Å². The van der Waals surface area contributed by atoms with Crippen LogP contribution in [-0.2, 0) is 0 Å². The molecular weight excluding hydrogens is 316 g/mol. The van der Waals surface area contributed by atoms with Gasteiger partial charge in [-0.3, -0.25) is 0 Å². The van der Waals surface area contributed by atoms with Crippen LogP contribution in [0.25, 0.3) is 0 Å². The van der Waals surface area contributed by atoms with Gasteiger partial charge < -0.3 is 0 Å². The third-order valence-electron chi connectivity index (χ3n) is 3.63. The number of allylic oxidation sites excluding steroid dienone is 2. The summed E-state index contributed by atoms with van der Waals surface area (Å²) in [6, 6.07) is 18.2. The summed E-state index contributed by atoms with van der Waals surface area (Å²) in [5, 5.41) is 0. The Kier molecular flexibility index (Phi) is 6.40. The number of halogens is 3. The van der Waals surface area contributed by atoms with Crippen molar-refractivity contribution in [2.75, 3.05) is 6.26 Å². The van der Waals surface area contributed by atoms with Gasteiger partial charge in [-0.2, -0.15) is 13.2 Å². The minimum atomic E-state index is -4.24. The monoisotopic (exact) mass is 334 g/mol. The van der Waals surface area contributed by atoms with Gasteiger partial charge in [0.05, 0.1) is 0 Å². The van der Waals surface area contributed by atoms with Crippen LogP contribution in [0.1, 0.15) is 6.42 Å². The average molecular weight is 334 g/mol. The predicted molar refractivity (Wildman–Crippen MR) is 94.3 cm³/mol. The molecule has 5 heteroatoms. The van der Waals surface area contributed by atoms with Crippen molar-refractivity contribution < 1.29 is 13.2 Å². The lowest BCUT2D eigenvalue weighted by molar-refractivity contribution is -0.0800. The van der Waals surface area contributed by atoms with E-state index in [9.17, 15) is 13.2 Å². The minimum absolute atomic E-state index is 0.0983. The van der Waals surface area contributed by atoms with E-state index >= 15 is 0 Å². The van der Waals surface area contributed by atoms with Crippen molar-refractivity contribution in [2.24, 2.45) is 0 Å². The lowest BCUT2D eigenvalue weighted by Crippen LogP contribution is -2.41. The fourth-order valence-corrected chi connectivity index (χ4v) is 3.02. The number of hydrogen-bond donors (Lipinski definition) is 0. The largest absolute Gasteiger partial charge is 0.409 e. The molecule has 0 N–H and O–H groups in total. The number of benzene rings is 2. The molecule has 0 fully saturated rings. The molecule has 2 rings (SSSR count). The van der Waals surface area contributed by atoms with E-state index in [0.717, 1.165) is 15.8 Å². The lowest BCUT2D eigenvalue weighted by atomic mass is 9.38. The summed E-state index contributed by atoms with van der Waals surface area (Å²) in [4.78, 5) is 1.16. The van der Waals surface area contributed by atoms with Gasteiger partial charge in [0, 0.05) is 11.0 Å². The van der Waals surface area contributed by atoms with Crippen molar-refractivity contribution in [1.82, 2.24) is 0 Å². The first-order valence-corrected chi connectivity index (χ1v) is 8.65. The molecule has 23 heavy (non-hydrogen) atoms. The van der Waals surface area contributed by atoms with E-state index in [1.54, 1.807) is 11.8 Å². The third kappa shape index (κ3) is 5.83. The predicted octanol–water partition coefficient (Wildman–Crippen LogP) is 4.53. The fourth-order valence-electron chi connectivity index (χ4n) is 2.55. The van der Waals surface area contributed by atoms with Gasteiger partial charge in [-0.15, -0.1) is 11.8 Å². The second-order valence-corrected chi connectivity index (χ2v) is 6.14. The third-order valence-corrected chi connectivity index (χ3v) is 4.35. The summed E-state index contributed by atoms with van der Waals surface area (Å²) in [5.74, 6) is 0. The van der Waals surface area contributed by atoms with Crippen molar-refractivity contribution >= 4 is 29.4 Å². The highest BCUT2D eigenvalue weighted by atomic mass is 32.2. The smallest absolute Gasteiger partial charge is 0.167 e. The Bertz CT molecular complexity index is 638. The maximum atomic E-state index is 12.2. The molecule has 2 aromatic rings. The molecule has 0 bridgehead atoms. The lowest BCUT2D eigenvalue weighted by Gasteiger charge is -2.15. The Morgan fingerprint density at radius 2 is 1.70 bits per heavy atom. The molecule has 120 valence electrons. The Morgan fingerprint density at radius 3 is 2.35 bits per heavy atom. The van der Waals surface area contributed by atoms with Crippen molar-refractivity contribution in [2.45, 2.75) is 23.8 Å². The van der Waals surface area contributed by atoms with Gasteiger partial charge >= 0.3 is 6.18 Å². The van der Waals surface area contributed by atoms with Gasteiger partial charge in [-0.25, -0.2) is 0 Å². The molecule has 0 aliphatic carbocycles. The molecule has 0 saturated carbocycles. The normalized spacial score (nSPS) is 11.8. The first-order valence-electron chi connectivity index (χ1n) is 7.43. The number of hydrogen-bond acceptors (Lipinski definition) is 1. The molecular formula is C18H18BF3S. The fraction of sp³-hybridized carbons (Fsp3) is 0.222. The van der Waals surface area contributed by atoms with E-state index in [2.05, 4.69) is 6.07 Å². The molecule has 0 heterocycles. The zero-order valence-corrected chi connectivity index (χ0v) is 13.7. The summed E-state index contributed by atoms with van der Waals surface area (Å²) in [7, 11) is 0. The van der Waals surface area contributed by atoms with Gasteiger partial charge in [-0.05, 0) is 18.7 Å².